The summed E-state index contributed by atoms with van der Waals surface area (Å²) in [5, 5.41) is 3.27. The number of rotatable bonds is 9. The number of aryl methyl sites for hydroxylation is 1. The van der Waals surface area contributed by atoms with Crippen molar-refractivity contribution in [3.05, 3.63) is 29.2 Å². The Balaban J connectivity index is 2.10. The lowest BCUT2D eigenvalue weighted by Gasteiger charge is -2.15. The number of aromatic nitrogens is 3. The van der Waals surface area contributed by atoms with Gasteiger partial charge < -0.3 is 20.5 Å². The Morgan fingerprint density at radius 1 is 1.16 bits per heavy atom. The Hall–Kier alpha value is -2.57. The number of nitrogens with zero attached hydrogens (tertiary/aromatic N) is 3. The highest BCUT2D eigenvalue weighted by Crippen LogP contribution is 2.27. The van der Waals surface area contributed by atoms with Crippen molar-refractivity contribution in [3.8, 4) is 11.5 Å². The first-order valence-corrected chi connectivity index (χ1v) is 8.55. The van der Waals surface area contributed by atoms with Crippen molar-refractivity contribution in [1.82, 2.24) is 15.0 Å². The Kier molecular flexibility index (Phi) is 6.80. The van der Waals surface area contributed by atoms with E-state index in [4.69, 9.17) is 15.2 Å². The van der Waals surface area contributed by atoms with Crippen molar-refractivity contribution >= 4 is 11.8 Å². The summed E-state index contributed by atoms with van der Waals surface area (Å²) in [5.41, 5.74) is 8.48. The van der Waals surface area contributed by atoms with Crippen molar-refractivity contribution in [3.63, 3.8) is 0 Å². The fourth-order valence-electron chi connectivity index (χ4n) is 2.56. The predicted molar refractivity (Wildman–Crippen MR) is 99.1 cm³/mol. The molecule has 2 aromatic heterocycles. The van der Waals surface area contributed by atoms with Gasteiger partial charge >= 0.3 is 0 Å². The summed E-state index contributed by atoms with van der Waals surface area (Å²) in [6, 6.07) is 0. The first kappa shape index (κ1) is 18.8. The van der Waals surface area contributed by atoms with E-state index in [1.165, 1.54) is 0 Å². The normalized spacial score (nSPS) is 10.6. The lowest BCUT2D eigenvalue weighted by Crippen LogP contribution is -2.10. The van der Waals surface area contributed by atoms with E-state index in [2.05, 4.69) is 27.2 Å². The molecule has 7 heteroatoms. The topological polar surface area (TPSA) is 95.2 Å². The molecule has 0 spiro atoms. The summed E-state index contributed by atoms with van der Waals surface area (Å²) in [5.74, 6) is 2.23. The summed E-state index contributed by atoms with van der Waals surface area (Å²) in [6.07, 6.45) is 6.77. The molecular weight excluding hydrogens is 318 g/mol. The zero-order valence-corrected chi connectivity index (χ0v) is 15.4. The quantitative estimate of drug-likeness (QED) is 0.673. The molecule has 0 saturated carbocycles. The maximum Gasteiger partial charge on any atom is 0.222 e. The van der Waals surface area contributed by atoms with E-state index < -0.39 is 0 Å². The fraction of sp³-hybridized carbons (Fsp3) is 0.500. The monoisotopic (exact) mass is 345 g/mol. The van der Waals surface area contributed by atoms with Gasteiger partial charge in [-0.3, -0.25) is 4.98 Å². The number of anilines is 2. The molecule has 0 fully saturated rings. The Morgan fingerprint density at radius 3 is 2.68 bits per heavy atom. The van der Waals surface area contributed by atoms with E-state index in [1.807, 2.05) is 13.8 Å². The molecule has 0 radical (unpaired) electrons. The molecule has 7 nitrogen and oxygen atoms in total. The molecule has 0 aromatic carbocycles. The fourth-order valence-corrected chi connectivity index (χ4v) is 2.56. The Bertz CT molecular complexity index is 706. The smallest absolute Gasteiger partial charge is 0.222 e. The molecule has 0 bridgehead atoms. The Labute approximate surface area is 149 Å². The number of hydrogen-bond donors (Lipinski definition) is 2. The number of pyridine rings is 1. The molecule has 2 aromatic rings. The molecule has 2 rings (SSSR count). The standard InChI is InChI=1S/C18H27N5O2/c1-5-6-7-8-20-17-15(10-22-18(19)23-17)25-11-14-13(3)16(24-4)12(2)9-21-14/h9-10H,5-8,11H2,1-4H3,(H3,19,20,22,23). The van der Waals surface area contributed by atoms with Crippen LogP contribution in [0.4, 0.5) is 11.8 Å². The van der Waals surface area contributed by atoms with Gasteiger partial charge in [-0.1, -0.05) is 19.8 Å². The molecular formula is C18H27N5O2. The third kappa shape index (κ3) is 4.95. The second kappa shape index (κ2) is 9.05. The molecule has 0 atom stereocenters. The highest BCUT2D eigenvalue weighted by Gasteiger charge is 2.12. The molecule has 0 aliphatic heterocycles. The van der Waals surface area contributed by atoms with Crippen LogP contribution in [0.5, 0.6) is 11.5 Å². The van der Waals surface area contributed by atoms with Crippen LogP contribution in [0, 0.1) is 13.8 Å². The molecule has 0 saturated heterocycles. The minimum atomic E-state index is 0.219. The maximum atomic E-state index is 5.89. The van der Waals surface area contributed by atoms with E-state index in [-0.39, 0.29) is 5.95 Å². The highest BCUT2D eigenvalue weighted by atomic mass is 16.5. The van der Waals surface area contributed by atoms with Crippen LogP contribution in [0.2, 0.25) is 0 Å². The molecule has 0 unspecified atom stereocenters. The first-order valence-electron chi connectivity index (χ1n) is 8.55. The van der Waals surface area contributed by atoms with Crippen molar-refractivity contribution < 1.29 is 9.47 Å². The molecule has 0 amide bonds. The summed E-state index contributed by atoms with van der Waals surface area (Å²) in [6.45, 7) is 7.23. The van der Waals surface area contributed by atoms with E-state index >= 15 is 0 Å². The van der Waals surface area contributed by atoms with Gasteiger partial charge in [0.2, 0.25) is 5.95 Å². The van der Waals surface area contributed by atoms with Crippen LogP contribution in [0.15, 0.2) is 12.4 Å². The van der Waals surface area contributed by atoms with Crippen LogP contribution >= 0.6 is 0 Å². The van der Waals surface area contributed by atoms with E-state index in [9.17, 15) is 0 Å². The first-order chi connectivity index (χ1) is 12.1. The average Bonchev–Trinajstić information content (AvgIpc) is 2.60. The van der Waals surface area contributed by atoms with Gasteiger partial charge in [0.05, 0.1) is 19.0 Å². The maximum absolute atomic E-state index is 5.89. The summed E-state index contributed by atoms with van der Waals surface area (Å²) < 4.78 is 11.3. The van der Waals surface area contributed by atoms with Gasteiger partial charge in [-0.25, -0.2) is 4.98 Å². The number of ether oxygens (including phenoxy) is 2. The number of methoxy groups -OCH3 is 1. The van der Waals surface area contributed by atoms with Gasteiger partial charge in [0, 0.05) is 23.9 Å². The van der Waals surface area contributed by atoms with Gasteiger partial charge in [-0.05, 0) is 20.3 Å². The van der Waals surface area contributed by atoms with E-state index in [0.717, 1.165) is 48.4 Å². The minimum absolute atomic E-state index is 0.219. The van der Waals surface area contributed by atoms with Gasteiger partial charge in [-0.2, -0.15) is 4.98 Å². The average molecular weight is 345 g/mol. The van der Waals surface area contributed by atoms with Crippen molar-refractivity contribution in [2.75, 3.05) is 24.7 Å². The van der Waals surface area contributed by atoms with Crippen LogP contribution < -0.4 is 20.5 Å². The number of hydrogen-bond acceptors (Lipinski definition) is 7. The number of nitrogens with two attached hydrogens (primary N) is 1. The molecule has 0 aliphatic carbocycles. The third-order valence-electron chi connectivity index (χ3n) is 3.96. The molecule has 25 heavy (non-hydrogen) atoms. The van der Waals surface area contributed by atoms with Gasteiger partial charge in [0.1, 0.15) is 12.4 Å². The van der Waals surface area contributed by atoms with Crippen molar-refractivity contribution in [2.45, 2.75) is 46.6 Å². The van der Waals surface area contributed by atoms with Crippen molar-refractivity contribution in [2.24, 2.45) is 0 Å². The molecule has 0 aliphatic rings. The minimum Gasteiger partial charge on any atom is -0.496 e. The van der Waals surface area contributed by atoms with Crippen molar-refractivity contribution in [1.29, 1.82) is 0 Å². The van der Waals surface area contributed by atoms with E-state index in [1.54, 1.807) is 19.5 Å². The van der Waals surface area contributed by atoms with Gasteiger partial charge in [0.25, 0.3) is 0 Å². The van der Waals surface area contributed by atoms with Crippen LogP contribution in [0.3, 0.4) is 0 Å². The summed E-state index contributed by atoms with van der Waals surface area (Å²) in [4.78, 5) is 12.7. The van der Waals surface area contributed by atoms with Crippen LogP contribution in [0.1, 0.15) is 43.0 Å². The van der Waals surface area contributed by atoms with Crippen LogP contribution in [-0.4, -0.2) is 28.6 Å². The third-order valence-corrected chi connectivity index (χ3v) is 3.96. The number of unbranched alkanes of at least 4 members (excludes halogenated alkanes) is 2. The van der Waals surface area contributed by atoms with Gasteiger partial charge in [0.15, 0.2) is 11.6 Å². The van der Waals surface area contributed by atoms with Crippen LogP contribution in [-0.2, 0) is 6.61 Å². The van der Waals surface area contributed by atoms with E-state index in [0.29, 0.717) is 18.2 Å². The zero-order valence-electron chi connectivity index (χ0n) is 15.4. The number of nitrogens with one attached hydrogen (secondary N) is 1. The van der Waals surface area contributed by atoms with Crippen LogP contribution in [0.25, 0.3) is 0 Å². The largest absolute Gasteiger partial charge is 0.496 e. The number of nitrogen functional groups attached to an aromatic ring is 1. The predicted octanol–water partition coefficient (Wildman–Crippen LogP) is 3.26. The van der Waals surface area contributed by atoms with Gasteiger partial charge in [-0.15, -0.1) is 0 Å². The molecule has 3 N–H and O–H groups in total. The Morgan fingerprint density at radius 2 is 1.96 bits per heavy atom. The lowest BCUT2D eigenvalue weighted by atomic mass is 10.1. The molecule has 136 valence electrons. The molecule has 2 heterocycles. The second-order valence-electron chi connectivity index (χ2n) is 5.91. The lowest BCUT2D eigenvalue weighted by molar-refractivity contribution is 0.298. The summed E-state index contributed by atoms with van der Waals surface area (Å²) in [7, 11) is 1.66. The summed E-state index contributed by atoms with van der Waals surface area (Å²) >= 11 is 0. The second-order valence-corrected chi connectivity index (χ2v) is 5.91. The zero-order chi connectivity index (χ0) is 18.2. The SMILES string of the molecule is CCCCCNc1nc(N)ncc1OCc1ncc(C)c(OC)c1C. The highest BCUT2D eigenvalue weighted by molar-refractivity contribution is 5.51.